The summed E-state index contributed by atoms with van der Waals surface area (Å²) in [6, 6.07) is 4.59. The lowest BCUT2D eigenvalue weighted by Gasteiger charge is -2.33. The summed E-state index contributed by atoms with van der Waals surface area (Å²) < 4.78 is 45.2. The van der Waals surface area contributed by atoms with Crippen LogP contribution in [0.5, 0.6) is 0 Å². The molecular formula is C15H13ClF3N3O2. The average molecular weight is 360 g/mol. The van der Waals surface area contributed by atoms with E-state index in [1.54, 1.807) is 10.7 Å². The Morgan fingerprint density at radius 1 is 1.38 bits per heavy atom. The number of benzene rings is 1. The van der Waals surface area contributed by atoms with Crippen molar-refractivity contribution in [3.8, 4) is 0 Å². The summed E-state index contributed by atoms with van der Waals surface area (Å²) in [5.41, 5.74) is -0.290. The van der Waals surface area contributed by atoms with Gasteiger partial charge in [0, 0.05) is 19.0 Å². The number of carbonyl (C=O) groups excluding carboxylic acids is 1. The molecule has 1 atom stereocenters. The molecule has 0 bridgehead atoms. The van der Waals surface area contributed by atoms with Crippen LogP contribution < -0.4 is 4.90 Å². The van der Waals surface area contributed by atoms with Gasteiger partial charge in [-0.15, -0.1) is 0 Å². The van der Waals surface area contributed by atoms with Crippen molar-refractivity contribution < 1.29 is 22.7 Å². The maximum absolute atomic E-state index is 12.8. The summed E-state index contributed by atoms with van der Waals surface area (Å²) in [4.78, 5) is 14.0. The third kappa shape index (κ3) is 2.87. The third-order valence-corrected chi connectivity index (χ3v) is 4.12. The molecule has 1 aliphatic heterocycles. The molecule has 0 saturated carbocycles. The number of aromatic nitrogens is 2. The molecule has 1 amide bonds. The fourth-order valence-corrected chi connectivity index (χ4v) is 3.01. The molecule has 9 heteroatoms. The molecule has 0 N–H and O–H groups in total. The van der Waals surface area contributed by atoms with Gasteiger partial charge in [-0.05, 0) is 24.3 Å². The number of fused-ring (bicyclic) bond motifs is 1. The maximum atomic E-state index is 12.8. The molecule has 5 nitrogen and oxygen atoms in total. The molecule has 0 fully saturated rings. The zero-order valence-electron chi connectivity index (χ0n) is 12.5. The molecule has 1 aromatic carbocycles. The molecule has 0 aliphatic carbocycles. The van der Waals surface area contributed by atoms with E-state index >= 15 is 0 Å². The minimum Gasteiger partial charge on any atom is -0.382 e. The first-order chi connectivity index (χ1) is 11.3. The van der Waals surface area contributed by atoms with Crippen molar-refractivity contribution >= 4 is 23.2 Å². The highest BCUT2D eigenvalue weighted by Crippen LogP contribution is 2.37. The van der Waals surface area contributed by atoms with Crippen LogP contribution in [0.4, 0.5) is 18.9 Å². The molecule has 1 aliphatic rings. The number of alkyl halides is 3. The van der Waals surface area contributed by atoms with Gasteiger partial charge < -0.3 is 9.64 Å². The summed E-state index contributed by atoms with van der Waals surface area (Å²) in [7, 11) is 1.53. The molecule has 2 aromatic rings. The second-order valence-corrected chi connectivity index (χ2v) is 5.76. The minimum absolute atomic E-state index is 0.225. The summed E-state index contributed by atoms with van der Waals surface area (Å²) in [6.07, 6.45) is -3.04. The van der Waals surface area contributed by atoms with E-state index in [0.29, 0.717) is 18.0 Å². The predicted octanol–water partition coefficient (Wildman–Crippen LogP) is 3.40. The number of hydrogen-bond donors (Lipinski definition) is 0. The van der Waals surface area contributed by atoms with Crippen molar-refractivity contribution in [2.24, 2.45) is 0 Å². The van der Waals surface area contributed by atoms with E-state index in [4.69, 9.17) is 16.3 Å². The number of methoxy groups -OCH3 is 1. The lowest BCUT2D eigenvalue weighted by atomic mass is 10.1. The van der Waals surface area contributed by atoms with Crippen LogP contribution in [-0.4, -0.2) is 35.9 Å². The van der Waals surface area contributed by atoms with E-state index in [1.807, 2.05) is 0 Å². The van der Waals surface area contributed by atoms with Crippen LogP contribution in [0.1, 0.15) is 22.1 Å². The highest BCUT2D eigenvalue weighted by atomic mass is 35.5. The molecule has 24 heavy (non-hydrogen) atoms. The number of amides is 1. The first-order valence-corrected chi connectivity index (χ1v) is 7.41. The molecule has 0 radical (unpaired) electrons. The van der Waals surface area contributed by atoms with E-state index in [0.717, 1.165) is 12.1 Å². The van der Waals surface area contributed by atoms with Crippen molar-refractivity contribution in [1.29, 1.82) is 0 Å². The Hall–Kier alpha value is -2.06. The second-order valence-electron chi connectivity index (χ2n) is 5.35. The summed E-state index contributed by atoms with van der Waals surface area (Å²) in [5, 5.41) is 3.66. The normalized spacial score (nSPS) is 18.0. The quantitative estimate of drug-likeness (QED) is 0.844. The van der Waals surface area contributed by atoms with Gasteiger partial charge in [-0.2, -0.15) is 18.3 Å². The van der Waals surface area contributed by atoms with Gasteiger partial charge in [-0.1, -0.05) is 11.6 Å². The van der Waals surface area contributed by atoms with Gasteiger partial charge in [-0.3, -0.25) is 9.48 Å². The molecule has 0 unspecified atom stereocenters. The van der Waals surface area contributed by atoms with E-state index in [9.17, 15) is 18.0 Å². The molecule has 0 spiro atoms. The van der Waals surface area contributed by atoms with E-state index < -0.39 is 16.8 Å². The van der Waals surface area contributed by atoms with Crippen LogP contribution in [0.3, 0.4) is 0 Å². The Balaban J connectivity index is 1.98. The molecular weight excluding hydrogens is 347 g/mol. The lowest BCUT2D eigenvalue weighted by molar-refractivity contribution is -0.137. The van der Waals surface area contributed by atoms with Gasteiger partial charge >= 0.3 is 6.18 Å². The Morgan fingerprint density at radius 2 is 2.12 bits per heavy atom. The number of anilines is 1. The fraction of sp³-hybridized carbons (Fsp3) is 0.333. The van der Waals surface area contributed by atoms with Crippen LogP contribution in [0, 0.1) is 0 Å². The van der Waals surface area contributed by atoms with Gasteiger partial charge in [0.05, 0.1) is 29.8 Å². The topological polar surface area (TPSA) is 47.4 Å². The molecule has 2 heterocycles. The smallest absolute Gasteiger partial charge is 0.382 e. The maximum Gasteiger partial charge on any atom is 0.417 e. The van der Waals surface area contributed by atoms with Gasteiger partial charge in [0.2, 0.25) is 0 Å². The zero-order valence-corrected chi connectivity index (χ0v) is 13.3. The first kappa shape index (κ1) is 16.8. The number of nitrogens with zero attached hydrogens (tertiary/aromatic N) is 3. The summed E-state index contributed by atoms with van der Waals surface area (Å²) in [5.74, 6) is -0.351. The SMILES string of the molecule is COC[C@H]1CN(c2ccc(C(F)(F)F)c(Cl)c2)C(=O)c2ccnn21. The van der Waals surface area contributed by atoms with E-state index in [2.05, 4.69) is 5.10 Å². The minimum atomic E-state index is -4.54. The van der Waals surface area contributed by atoms with Crippen LogP contribution in [0.25, 0.3) is 0 Å². The van der Waals surface area contributed by atoms with Crippen molar-refractivity contribution in [3.05, 3.63) is 46.7 Å². The standard InChI is InChI=1S/C15H13ClF3N3O2/c1-24-8-10-7-21(14(23)13-4-5-20-22(10)13)9-2-3-11(12(16)6-9)15(17,18)19/h2-6,10H,7-8H2,1H3/t10-/m1/s1. The summed E-state index contributed by atoms with van der Waals surface area (Å²) >= 11 is 5.76. The van der Waals surface area contributed by atoms with Gasteiger partial charge in [0.15, 0.2) is 0 Å². The lowest BCUT2D eigenvalue weighted by Crippen LogP contribution is -2.44. The van der Waals surface area contributed by atoms with Crippen molar-refractivity contribution in [2.75, 3.05) is 25.2 Å². The Morgan fingerprint density at radius 3 is 2.75 bits per heavy atom. The number of halogens is 4. The Bertz CT molecular complexity index is 776. The van der Waals surface area contributed by atoms with Gasteiger partial charge in [-0.25, -0.2) is 0 Å². The van der Waals surface area contributed by atoms with Gasteiger partial charge in [0.1, 0.15) is 5.69 Å². The zero-order chi connectivity index (χ0) is 17.5. The second kappa shape index (κ2) is 6.10. The van der Waals surface area contributed by atoms with Crippen LogP contribution in [-0.2, 0) is 10.9 Å². The van der Waals surface area contributed by atoms with Crippen molar-refractivity contribution in [2.45, 2.75) is 12.2 Å². The van der Waals surface area contributed by atoms with Crippen LogP contribution in [0.15, 0.2) is 30.5 Å². The molecule has 1 aromatic heterocycles. The number of rotatable bonds is 3. The monoisotopic (exact) mass is 359 g/mol. The molecule has 0 saturated heterocycles. The van der Waals surface area contributed by atoms with E-state index in [1.165, 1.54) is 24.3 Å². The highest BCUT2D eigenvalue weighted by Gasteiger charge is 2.36. The van der Waals surface area contributed by atoms with Gasteiger partial charge in [0.25, 0.3) is 5.91 Å². The third-order valence-electron chi connectivity index (χ3n) is 3.80. The fourth-order valence-electron chi connectivity index (χ4n) is 2.72. The largest absolute Gasteiger partial charge is 0.417 e. The Labute approximate surface area is 140 Å². The highest BCUT2D eigenvalue weighted by molar-refractivity contribution is 6.31. The summed E-state index contributed by atoms with van der Waals surface area (Å²) in [6.45, 7) is 0.538. The average Bonchev–Trinajstić information content (AvgIpc) is 2.99. The van der Waals surface area contributed by atoms with E-state index in [-0.39, 0.29) is 18.5 Å². The first-order valence-electron chi connectivity index (χ1n) is 7.04. The number of ether oxygens (including phenoxy) is 1. The van der Waals surface area contributed by atoms with Crippen molar-refractivity contribution in [3.63, 3.8) is 0 Å². The van der Waals surface area contributed by atoms with Crippen molar-refractivity contribution in [1.82, 2.24) is 9.78 Å². The number of carbonyl (C=O) groups is 1. The number of hydrogen-bond acceptors (Lipinski definition) is 3. The predicted molar refractivity (Wildman–Crippen MR) is 81.3 cm³/mol. The van der Waals surface area contributed by atoms with Crippen LogP contribution in [0.2, 0.25) is 5.02 Å². The molecule has 128 valence electrons. The van der Waals surface area contributed by atoms with Crippen LogP contribution >= 0.6 is 11.6 Å². The molecule has 3 rings (SSSR count). The Kier molecular flexibility index (Phi) is 4.27.